The maximum Gasteiger partial charge on any atom is 0.232 e. The van der Waals surface area contributed by atoms with Crippen molar-refractivity contribution >= 4 is 23.5 Å². The molecule has 2 aliphatic rings. The zero-order valence-corrected chi connectivity index (χ0v) is 17.6. The molecule has 8 heteroatoms. The highest BCUT2D eigenvalue weighted by atomic mass is 35.5. The Balaban J connectivity index is 1.70. The quantitative estimate of drug-likeness (QED) is 0.824. The number of aliphatic imine (C=N–C) groups is 1. The van der Waals surface area contributed by atoms with Crippen LogP contribution < -0.4 is 5.73 Å². The molecule has 0 saturated carbocycles. The second-order valence-electron chi connectivity index (χ2n) is 8.04. The lowest BCUT2D eigenvalue weighted by molar-refractivity contribution is -0.133. The van der Waals surface area contributed by atoms with Gasteiger partial charge in [0.2, 0.25) is 5.91 Å². The van der Waals surface area contributed by atoms with E-state index in [4.69, 9.17) is 31.6 Å². The molecule has 4 rings (SSSR count). The van der Waals surface area contributed by atoms with Crippen molar-refractivity contribution in [3.63, 3.8) is 0 Å². The molecule has 29 heavy (non-hydrogen) atoms. The van der Waals surface area contributed by atoms with Crippen LogP contribution in [0.3, 0.4) is 0 Å². The maximum absolute atomic E-state index is 13.1. The molecule has 0 spiro atoms. The molecule has 154 valence electrons. The Morgan fingerprint density at radius 2 is 2.17 bits per heavy atom. The first-order valence-electron chi connectivity index (χ1n) is 9.80. The lowest BCUT2D eigenvalue weighted by Gasteiger charge is -2.41. The average molecular weight is 417 g/mol. The smallest absolute Gasteiger partial charge is 0.232 e. The van der Waals surface area contributed by atoms with Crippen LogP contribution in [0.5, 0.6) is 0 Å². The van der Waals surface area contributed by atoms with E-state index in [1.165, 1.54) is 0 Å². The van der Waals surface area contributed by atoms with Gasteiger partial charge in [-0.3, -0.25) is 9.69 Å². The number of halogens is 1. The molecule has 7 nitrogen and oxygen atoms in total. The normalized spacial score (nSPS) is 27.8. The molecule has 1 amide bonds. The van der Waals surface area contributed by atoms with Gasteiger partial charge in [0.1, 0.15) is 0 Å². The minimum atomic E-state index is -0.851. The van der Waals surface area contributed by atoms with Crippen LogP contribution in [0, 0.1) is 6.92 Å². The Morgan fingerprint density at radius 3 is 2.83 bits per heavy atom. The van der Waals surface area contributed by atoms with E-state index >= 15 is 0 Å². The number of nitrogens with two attached hydrogens (primary N) is 1. The molecule has 1 fully saturated rings. The zero-order chi connectivity index (χ0) is 20.8. The van der Waals surface area contributed by atoms with Gasteiger partial charge in [0.15, 0.2) is 11.7 Å². The van der Waals surface area contributed by atoms with Crippen LogP contribution in [-0.2, 0) is 15.1 Å². The van der Waals surface area contributed by atoms with Gasteiger partial charge >= 0.3 is 0 Å². The van der Waals surface area contributed by atoms with E-state index in [9.17, 15) is 4.79 Å². The van der Waals surface area contributed by atoms with E-state index in [2.05, 4.69) is 5.16 Å². The van der Waals surface area contributed by atoms with Gasteiger partial charge in [-0.05, 0) is 45.2 Å². The van der Waals surface area contributed by atoms with Crippen molar-refractivity contribution in [3.8, 4) is 11.3 Å². The molecule has 1 saturated heterocycles. The summed E-state index contributed by atoms with van der Waals surface area (Å²) in [7, 11) is 0. The third kappa shape index (κ3) is 3.65. The van der Waals surface area contributed by atoms with Crippen molar-refractivity contribution in [2.24, 2.45) is 10.7 Å². The summed E-state index contributed by atoms with van der Waals surface area (Å²) in [5, 5.41) is 4.42. The number of carbonyl (C=O) groups excluding carboxylic acids is 1. The Bertz CT molecular complexity index is 973. The zero-order valence-electron chi connectivity index (χ0n) is 16.8. The summed E-state index contributed by atoms with van der Waals surface area (Å²) in [4.78, 5) is 19.5. The fraction of sp³-hybridized carbons (Fsp3) is 0.476. The molecule has 1 aromatic carbocycles. The number of hydrogen-bond acceptors (Lipinski definition) is 6. The number of ether oxygens (including phenoxy) is 1. The van der Waals surface area contributed by atoms with Gasteiger partial charge < -0.3 is 15.0 Å². The predicted molar refractivity (Wildman–Crippen MR) is 111 cm³/mol. The monoisotopic (exact) mass is 416 g/mol. The lowest BCUT2D eigenvalue weighted by atomic mass is 9.85. The van der Waals surface area contributed by atoms with Crippen LogP contribution in [0.4, 0.5) is 0 Å². The van der Waals surface area contributed by atoms with Gasteiger partial charge in [0, 0.05) is 24.3 Å². The van der Waals surface area contributed by atoms with Crippen LogP contribution in [0.25, 0.3) is 11.3 Å². The van der Waals surface area contributed by atoms with Gasteiger partial charge in [-0.2, -0.15) is 0 Å². The van der Waals surface area contributed by atoms with Crippen molar-refractivity contribution in [3.05, 3.63) is 40.5 Å². The third-order valence-electron chi connectivity index (χ3n) is 5.67. The van der Waals surface area contributed by atoms with Crippen LogP contribution in [-0.4, -0.2) is 40.7 Å². The average Bonchev–Trinajstić information content (AvgIpc) is 3.07. The lowest BCUT2D eigenvalue weighted by Crippen LogP contribution is -2.56. The first kappa shape index (κ1) is 19.9. The summed E-state index contributed by atoms with van der Waals surface area (Å²) in [5.41, 5.74) is 7.67. The number of nitrogens with zero attached hydrogens (tertiary/aromatic N) is 3. The van der Waals surface area contributed by atoms with E-state index in [-0.39, 0.29) is 30.4 Å². The molecule has 2 N–H and O–H groups in total. The van der Waals surface area contributed by atoms with Gasteiger partial charge in [-0.25, -0.2) is 4.99 Å². The molecule has 0 unspecified atom stereocenters. The SMILES string of the molecule is Cc1cc(-c2cccc([C@]3(C)CC(=O)N([C@H]4CCO[C@@H](C)C4)C(N)=N3)c2Cl)on1. The van der Waals surface area contributed by atoms with E-state index in [1.54, 1.807) is 4.90 Å². The van der Waals surface area contributed by atoms with Crippen molar-refractivity contribution < 1.29 is 14.1 Å². The number of rotatable bonds is 3. The summed E-state index contributed by atoms with van der Waals surface area (Å²) in [6.45, 7) is 6.36. The molecule has 0 bridgehead atoms. The van der Waals surface area contributed by atoms with Crippen LogP contribution >= 0.6 is 11.6 Å². The fourth-order valence-electron chi connectivity index (χ4n) is 4.24. The Morgan fingerprint density at radius 1 is 1.38 bits per heavy atom. The second-order valence-corrected chi connectivity index (χ2v) is 8.42. The highest BCUT2D eigenvalue weighted by Crippen LogP contribution is 2.42. The Kier molecular flexibility index (Phi) is 5.12. The van der Waals surface area contributed by atoms with Crippen molar-refractivity contribution in [2.45, 2.75) is 57.7 Å². The maximum atomic E-state index is 13.1. The number of benzene rings is 1. The summed E-state index contributed by atoms with van der Waals surface area (Å²) < 4.78 is 11.0. The van der Waals surface area contributed by atoms with Crippen molar-refractivity contribution in [1.82, 2.24) is 10.1 Å². The van der Waals surface area contributed by atoms with Crippen molar-refractivity contribution in [1.29, 1.82) is 0 Å². The van der Waals surface area contributed by atoms with Crippen LogP contribution in [0.1, 0.15) is 44.4 Å². The van der Waals surface area contributed by atoms with E-state index < -0.39 is 5.54 Å². The summed E-state index contributed by atoms with van der Waals surface area (Å²) in [5.74, 6) is 0.769. The Hall–Kier alpha value is -2.38. The number of hydrogen-bond donors (Lipinski definition) is 1. The summed E-state index contributed by atoms with van der Waals surface area (Å²) in [6.07, 6.45) is 1.79. The van der Waals surface area contributed by atoms with E-state index in [1.807, 2.05) is 45.0 Å². The van der Waals surface area contributed by atoms with Crippen LogP contribution in [0.15, 0.2) is 33.8 Å². The molecule has 2 aromatic rings. The minimum absolute atomic E-state index is 0.0125. The molecule has 0 radical (unpaired) electrons. The number of aryl methyl sites for hydroxylation is 1. The highest BCUT2D eigenvalue weighted by Gasteiger charge is 2.42. The number of carbonyl (C=O) groups is 1. The first-order chi connectivity index (χ1) is 13.8. The molecule has 2 aliphatic heterocycles. The summed E-state index contributed by atoms with van der Waals surface area (Å²) in [6, 6.07) is 7.46. The minimum Gasteiger partial charge on any atom is -0.378 e. The third-order valence-corrected chi connectivity index (χ3v) is 6.07. The van der Waals surface area contributed by atoms with Gasteiger partial charge in [-0.1, -0.05) is 28.9 Å². The van der Waals surface area contributed by atoms with E-state index in [0.717, 1.165) is 24.1 Å². The van der Waals surface area contributed by atoms with Gasteiger partial charge in [0.25, 0.3) is 0 Å². The molecule has 0 aliphatic carbocycles. The first-order valence-corrected chi connectivity index (χ1v) is 10.2. The number of aromatic nitrogens is 1. The predicted octanol–water partition coefficient (Wildman–Crippen LogP) is 3.63. The molecule has 3 atom stereocenters. The fourth-order valence-corrected chi connectivity index (χ4v) is 4.66. The Labute approximate surface area is 174 Å². The largest absolute Gasteiger partial charge is 0.378 e. The van der Waals surface area contributed by atoms with Gasteiger partial charge in [0.05, 0.1) is 28.8 Å². The second kappa shape index (κ2) is 7.46. The summed E-state index contributed by atoms with van der Waals surface area (Å²) >= 11 is 6.74. The van der Waals surface area contributed by atoms with Crippen molar-refractivity contribution in [2.75, 3.05) is 6.61 Å². The van der Waals surface area contributed by atoms with Crippen LogP contribution in [0.2, 0.25) is 5.02 Å². The number of guanidine groups is 1. The molecule has 3 heterocycles. The number of amides is 1. The highest BCUT2D eigenvalue weighted by molar-refractivity contribution is 6.34. The standard InChI is InChI=1S/C21H25ClN4O3/c1-12-9-17(29-25-12)15-5-4-6-16(19(15)22)21(3)11-18(27)26(20(23)24-21)14-7-8-28-13(2)10-14/h4-6,9,13-14H,7-8,10-11H2,1-3H3,(H2,23,24)/t13-,14-,21-/m0/s1. The topological polar surface area (TPSA) is 94.0 Å². The molecule has 1 aromatic heterocycles. The molecular formula is C21H25ClN4O3. The van der Waals surface area contributed by atoms with Gasteiger partial charge in [-0.15, -0.1) is 0 Å². The molecular weight excluding hydrogens is 392 g/mol. The van der Waals surface area contributed by atoms with E-state index in [0.29, 0.717) is 23.0 Å².